The van der Waals surface area contributed by atoms with Crippen molar-refractivity contribution in [3.8, 4) is 5.75 Å². The van der Waals surface area contributed by atoms with Gasteiger partial charge in [0.25, 0.3) is 0 Å². The average Bonchev–Trinajstić information content (AvgIpc) is 2.13. The second-order valence-electron chi connectivity index (χ2n) is 3.54. The van der Waals surface area contributed by atoms with Crippen LogP contribution < -0.4 is 69.3 Å². The maximum Gasteiger partial charge on any atom is 1.00 e. The Morgan fingerprint density at radius 3 is 2.00 bits per heavy atom. The molecule has 7 heteroatoms. The number of aromatic hydroxyl groups is 1. The van der Waals surface area contributed by atoms with Gasteiger partial charge in [-0.2, -0.15) is 0 Å². The molecule has 0 atom stereocenters. The van der Waals surface area contributed by atoms with Crippen LogP contribution in [0.3, 0.4) is 0 Å². The van der Waals surface area contributed by atoms with Crippen molar-refractivity contribution >= 4 is 22.1 Å². The topological polar surface area (TPSA) is 83.4 Å². The van der Waals surface area contributed by atoms with Crippen LogP contribution >= 0.6 is 15.9 Å². The zero-order chi connectivity index (χ0) is 12.9. The molecule has 0 amide bonds. The number of phenolic OH excluding ortho intramolecular Hbond substituents is 1. The molecule has 0 fully saturated rings. The van der Waals surface area contributed by atoms with Gasteiger partial charge in [-0.15, -0.1) is 0 Å². The smallest absolute Gasteiger partial charge is 0.652 e. The molecular weight excluding hydrogens is 322 g/mol. The van der Waals surface area contributed by atoms with Gasteiger partial charge < -0.3 is 20.1 Å². The van der Waals surface area contributed by atoms with Gasteiger partial charge in [-0.25, -0.2) is 0 Å². The molecule has 18 heavy (non-hydrogen) atoms. The number of aryl methyl sites for hydroxylation is 1. The van der Waals surface area contributed by atoms with E-state index < -0.39 is 6.16 Å². The number of hydrogen-bond acceptors (Lipinski definition) is 4. The van der Waals surface area contributed by atoms with Crippen molar-refractivity contribution in [1.82, 2.24) is 0 Å². The van der Waals surface area contributed by atoms with Gasteiger partial charge in [0.15, 0.2) is 0 Å². The van der Waals surface area contributed by atoms with Crippen LogP contribution in [-0.4, -0.2) is 11.3 Å². The average molecular weight is 335 g/mol. The van der Waals surface area contributed by atoms with Crippen LogP contribution in [0.2, 0.25) is 0 Å². The summed E-state index contributed by atoms with van der Waals surface area (Å²) in [6.07, 6.45) is -2.33. The Hall–Kier alpha value is 0.770. The fourth-order valence-corrected chi connectivity index (χ4v) is 1.51. The predicted octanol–water partition coefficient (Wildman–Crippen LogP) is -4.85. The number of carbonyl (C=O) groups excluding carboxylic acids is 1. The Morgan fingerprint density at radius 2 is 1.67 bits per heavy atom. The molecule has 0 spiro atoms. The molecule has 0 aliphatic rings. The molecule has 0 saturated heterocycles. The molecule has 0 heterocycles. The summed E-state index contributed by atoms with van der Waals surface area (Å²) in [4.78, 5) is 8.33. The van der Waals surface area contributed by atoms with Crippen LogP contribution in [0, 0.1) is 6.92 Å². The van der Waals surface area contributed by atoms with E-state index in [4.69, 9.17) is 15.0 Å². The van der Waals surface area contributed by atoms with Crippen molar-refractivity contribution in [2.75, 3.05) is 0 Å². The third-order valence-corrected chi connectivity index (χ3v) is 2.96. The Kier molecular flexibility index (Phi) is 15.3. The van der Waals surface area contributed by atoms with Gasteiger partial charge in [0, 0.05) is 0 Å². The zero-order valence-electron chi connectivity index (χ0n) is 11.3. The van der Waals surface area contributed by atoms with Crippen molar-refractivity contribution in [1.29, 1.82) is 0 Å². The number of benzene rings is 1. The summed E-state index contributed by atoms with van der Waals surface area (Å²) in [6.45, 7) is 6.10. The van der Waals surface area contributed by atoms with Crippen molar-refractivity contribution < 1.29 is 79.2 Å². The Morgan fingerprint density at radius 1 is 1.28 bits per heavy atom. The summed E-state index contributed by atoms with van der Waals surface area (Å²) in [5.74, 6) is 0.742. The number of halogens is 1. The number of carboxylic acid groups (broad SMARTS) is 2. The first kappa shape index (κ1) is 23.8. The molecule has 0 aliphatic carbocycles. The minimum Gasteiger partial charge on any atom is -0.652 e. The molecule has 1 aromatic rings. The number of hydrogen-bond donors (Lipinski definition) is 1. The van der Waals surface area contributed by atoms with E-state index in [0.717, 1.165) is 15.6 Å². The van der Waals surface area contributed by atoms with Gasteiger partial charge in [-0.1, -0.05) is 26.0 Å². The van der Waals surface area contributed by atoms with Gasteiger partial charge in [-0.05, 0) is 46.1 Å². The van der Waals surface area contributed by atoms with Gasteiger partial charge in [0.1, 0.15) is 5.75 Å². The standard InChI is InChI=1S/C10H13BrO.CH2O3.2Na/c1-6(2)8-5-4-7(3)9(11)10(8)12;2-1(3)4;;/h4-6,12H,1-3H3;(H2,2,3,4);;/q;;2*+1/p-2. The Bertz CT molecular complexity index is 380. The van der Waals surface area contributed by atoms with E-state index in [1.54, 1.807) is 0 Å². The van der Waals surface area contributed by atoms with E-state index in [1.807, 2.05) is 19.1 Å². The normalized spacial score (nSPS) is 8.50. The van der Waals surface area contributed by atoms with Crippen molar-refractivity contribution in [3.63, 3.8) is 0 Å². The predicted molar refractivity (Wildman–Crippen MR) is 60.0 cm³/mol. The van der Waals surface area contributed by atoms with E-state index in [9.17, 15) is 5.11 Å². The SMILES string of the molecule is Cc1ccc(C(C)C)c(O)c1Br.O=C([O-])[O-].[Na+].[Na+]. The fourth-order valence-electron chi connectivity index (χ4n) is 1.15. The quantitative estimate of drug-likeness (QED) is 0.522. The van der Waals surface area contributed by atoms with Gasteiger partial charge >= 0.3 is 59.1 Å². The minimum absolute atomic E-state index is 0. The van der Waals surface area contributed by atoms with Crippen LogP contribution in [0.1, 0.15) is 30.9 Å². The second-order valence-corrected chi connectivity index (χ2v) is 4.33. The third kappa shape index (κ3) is 8.80. The summed E-state index contributed by atoms with van der Waals surface area (Å²) in [6, 6.07) is 3.99. The Balaban J connectivity index is -0.000000332. The number of rotatable bonds is 1. The molecule has 1 N–H and O–H groups in total. The fraction of sp³-hybridized carbons (Fsp3) is 0.364. The van der Waals surface area contributed by atoms with E-state index in [0.29, 0.717) is 11.7 Å². The second kappa shape index (κ2) is 11.6. The van der Waals surface area contributed by atoms with E-state index in [-0.39, 0.29) is 59.1 Å². The summed E-state index contributed by atoms with van der Waals surface area (Å²) in [5.41, 5.74) is 2.06. The molecule has 4 nitrogen and oxygen atoms in total. The van der Waals surface area contributed by atoms with Crippen LogP contribution in [0.5, 0.6) is 5.75 Å². The van der Waals surface area contributed by atoms with E-state index >= 15 is 0 Å². The number of carbonyl (C=O) groups is 1. The van der Waals surface area contributed by atoms with Crippen LogP contribution in [-0.2, 0) is 0 Å². The number of phenols is 1. The largest absolute Gasteiger partial charge is 1.00 e. The minimum atomic E-state index is -2.33. The van der Waals surface area contributed by atoms with Crippen LogP contribution in [0.15, 0.2) is 16.6 Å². The van der Waals surface area contributed by atoms with Crippen molar-refractivity contribution in [2.24, 2.45) is 0 Å². The molecule has 0 unspecified atom stereocenters. The van der Waals surface area contributed by atoms with Crippen molar-refractivity contribution in [2.45, 2.75) is 26.7 Å². The first-order chi connectivity index (χ1) is 7.27. The van der Waals surface area contributed by atoms with Gasteiger partial charge in [0.2, 0.25) is 0 Å². The van der Waals surface area contributed by atoms with Crippen LogP contribution in [0.4, 0.5) is 4.79 Å². The molecule has 0 aromatic heterocycles. The summed E-state index contributed by atoms with van der Waals surface area (Å²) < 4.78 is 0.814. The first-order valence-corrected chi connectivity index (χ1v) is 5.42. The first-order valence-electron chi connectivity index (χ1n) is 4.63. The monoisotopic (exact) mass is 334 g/mol. The van der Waals surface area contributed by atoms with Gasteiger partial charge in [-0.3, -0.25) is 0 Å². The molecule has 0 radical (unpaired) electrons. The maximum absolute atomic E-state index is 9.70. The third-order valence-electron chi connectivity index (χ3n) is 1.96. The molecule has 1 aromatic carbocycles. The molecular formula is C11H13BrNa2O4. The Labute approximate surface area is 160 Å². The molecule has 1 rings (SSSR count). The molecule has 0 bridgehead atoms. The zero-order valence-corrected chi connectivity index (χ0v) is 16.9. The summed E-state index contributed by atoms with van der Waals surface area (Å²) >= 11 is 3.35. The van der Waals surface area contributed by atoms with Crippen LogP contribution in [0.25, 0.3) is 0 Å². The summed E-state index contributed by atoms with van der Waals surface area (Å²) in [7, 11) is 0. The molecule has 90 valence electrons. The maximum atomic E-state index is 9.70. The van der Waals surface area contributed by atoms with E-state index in [2.05, 4.69) is 29.8 Å². The molecule has 0 saturated carbocycles. The van der Waals surface area contributed by atoms with E-state index in [1.165, 1.54) is 0 Å². The van der Waals surface area contributed by atoms with Crippen molar-refractivity contribution in [3.05, 3.63) is 27.7 Å². The van der Waals surface area contributed by atoms with Gasteiger partial charge in [0.05, 0.1) is 4.47 Å². The summed E-state index contributed by atoms with van der Waals surface area (Å²) in [5, 5.41) is 26.4. The molecule has 0 aliphatic heterocycles.